The molecule has 16 heteroatoms. The van der Waals surface area contributed by atoms with Gasteiger partial charge in [0.2, 0.25) is 11.8 Å². The minimum absolute atomic E-state index is 0. The van der Waals surface area contributed by atoms with E-state index in [2.05, 4.69) is 5.32 Å². The normalized spacial score (nSPS) is 17.9. The van der Waals surface area contributed by atoms with Gasteiger partial charge in [-0.05, 0) is 56.2 Å². The summed E-state index contributed by atoms with van der Waals surface area (Å²) >= 11 is 7.06. The smallest absolute Gasteiger partial charge is 0.414 e. The number of nitrogens with two attached hydrogens (primary N) is 1. The zero-order valence-electron chi connectivity index (χ0n) is 24.0. The number of imide groups is 1. The maximum Gasteiger partial charge on any atom is 0.414 e. The number of aliphatic hydroxyl groups is 1. The summed E-state index contributed by atoms with van der Waals surface area (Å²) < 4.78 is 11.1. The van der Waals surface area contributed by atoms with E-state index in [9.17, 15) is 29.1 Å². The van der Waals surface area contributed by atoms with Gasteiger partial charge in [-0.3, -0.25) is 29.0 Å². The number of thiophene rings is 1. The molecular formula is C28H35Cl2N5O8S. The fourth-order valence-corrected chi connectivity index (χ4v) is 5.57. The number of nitrogens with one attached hydrogen (secondary N) is 1. The van der Waals surface area contributed by atoms with Crippen LogP contribution in [0.5, 0.6) is 0 Å². The first-order valence-electron chi connectivity index (χ1n) is 13.8. The molecule has 2 aromatic rings. The third-order valence-electron chi connectivity index (χ3n) is 6.99. The average molecular weight is 673 g/mol. The van der Waals surface area contributed by atoms with Crippen molar-refractivity contribution in [1.82, 2.24) is 10.2 Å². The number of carbonyl (C=O) groups excluding carboxylic acids is 5. The van der Waals surface area contributed by atoms with Gasteiger partial charge in [0.05, 0.1) is 35.0 Å². The SMILES string of the molecule is C[C@@H](O)[C@H](N)C(=O)NCCCCC(=O)N(C[C@H]1CN(c2ccc(N3CCOCC3=O)cc2)C(=O)O1)C(=O)c1ccc(Cl)s1.Cl. The van der Waals surface area contributed by atoms with Crippen molar-refractivity contribution in [3.63, 3.8) is 0 Å². The van der Waals surface area contributed by atoms with Gasteiger partial charge in [0, 0.05) is 30.9 Å². The lowest BCUT2D eigenvalue weighted by Gasteiger charge is -2.27. The van der Waals surface area contributed by atoms with Crippen LogP contribution < -0.4 is 20.9 Å². The number of nitrogens with zero attached hydrogens (tertiary/aromatic N) is 3. The molecule has 44 heavy (non-hydrogen) atoms. The molecule has 4 rings (SSSR count). The first-order valence-corrected chi connectivity index (χ1v) is 15.0. The van der Waals surface area contributed by atoms with Crippen LogP contribution in [0.1, 0.15) is 35.9 Å². The van der Waals surface area contributed by atoms with Crippen molar-refractivity contribution in [3.8, 4) is 0 Å². The van der Waals surface area contributed by atoms with E-state index in [1.54, 1.807) is 35.2 Å². The average Bonchev–Trinajstić information content (AvgIpc) is 3.59. The van der Waals surface area contributed by atoms with E-state index in [4.69, 9.17) is 26.8 Å². The van der Waals surface area contributed by atoms with Crippen LogP contribution in [0, 0.1) is 0 Å². The molecule has 0 saturated carbocycles. The highest BCUT2D eigenvalue weighted by Gasteiger charge is 2.36. The van der Waals surface area contributed by atoms with Crippen molar-refractivity contribution >= 4 is 76.4 Å². The predicted molar refractivity (Wildman–Crippen MR) is 166 cm³/mol. The highest BCUT2D eigenvalue weighted by atomic mass is 35.5. The van der Waals surface area contributed by atoms with Gasteiger partial charge in [0.1, 0.15) is 18.8 Å². The number of anilines is 2. The standard InChI is InChI=1S/C28H34ClN5O8S.ClH/c1-17(35)25(30)26(38)31-11-3-2-4-23(36)34(27(39)21-9-10-22(29)43-21)15-20-14-33(28(40)42-20)19-7-5-18(6-8-19)32-12-13-41-16-24(32)37;/h5-10,17,20,25,35H,2-4,11-16,30H2,1H3,(H,31,38);1H/t17-,20-,25+;/m1./s1. The number of aliphatic hydroxyl groups excluding tert-OH is 1. The van der Waals surface area contributed by atoms with E-state index in [0.29, 0.717) is 41.7 Å². The molecule has 0 spiro atoms. The largest absolute Gasteiger partial charge is 0.442 e. The zero-order chi connectivity index (χ0) is 31.1. The van der Waals surface area contributed by atoms with Crippen molar-refractivity contribution in [2.24, 2.45) is 5.73 Å². The Morgan fingerprint density at radius 1 is 1.14 bits per heavy atom. The number of ether oxygens (including phenoxy) is 2. The summed E-state index contributed by atoms with van der Waals surface area (Å²) in [5, 5.41) is 12.0. The fraction of sp³-hybridized carbons (Fsp3) is 0.464. The summed E-state index contributed by atoms with van der Waals surface area (Å²) in [6, 6.07) is 8.93. The Morgan fingerprint density at radius 3 is 2.43 bits per heavy atom. The summed E-state index contributed by atoms with van der Waals surface area (Å²) in [5.74, 6) is -1.65. The Kier molecular flexibility index (Phi) is 12.9. The third-order valence-corrected chi connectivity index (χ3v) is 8.21. The van der Waals surface area contributed by atoms with Crippen LogP contribution in [-0.4, -0.2) is 97.4 Å². The molecule has 1 aromatic carbocycles. The van der Waals surface area contributed by atoms with Crippen molar-refractivity contribution in [2.75, 3.05) is 49.2 Å². The molecule has 0 bridgehead atoms. The van der Waals surface area contributed by atoms with E-state index >= 15 is 0 Å². The lowest BCUT2D eigenvalue weighted by molar-refractivity contribution is -0.129. The maximum absolute atomic E-state index is 13.3. The second kappa shape index (κ2) is 16.2. The fourth-order valence-electron chi connectivity index (χ4n) is 4.58. The molecule has 1 aromatic heterocycles. The molecule has 3 heterocycles. The zero-order valence-corrected chi connectivity index (χ0v) is 26.4. The van der Waals surface area contributed by atoms with Crippen LogP contribution in [0.15, 0.2) is 36.4 Å². The van der Waals surface area contributed by atoms with E-state index in [-0.39, 0.29) is 55.9 Å². The monoisotopic (exact) mass is 671 g/mol. The Hall–Kier alpha value is -3.27. The molecule has 0 unspecified atom stereocenters. The van der Waals surface area contributed by atoms with Crippen molar-refractivity contribution < 1.29 is 38.6 Å². The molecule has 0 radical (unpaired) electrons. The molecule has 13 nitrogen and oxygen atoms in total. The number of amides is 5. The van der Waals surface area contributed by atoms with Crippen molar-refractivity contribution in [2.45, 2.75) is 44.4 Å². The Bertz CT molecular complexity index is 1340. The van der Waals surface area contributed by atoms with Crippen LogP contribution in [-0.2, 0) is 23.9 Å². The van der Waals surface area contributed by atoms with Gasteiger partial charge in [-0.1, -0.05) is 11.6 Å². The van der Waals surface area contributed by atoms with Crippen molar-refractivity contribution in [1.29, 1.82) is 0 Å². The van der Waals surface area contributed by atoms with Gasteiger partial charge in [-0.2, -0.15) is 0 Å². The number of hydrogen-bond donors (Lipinski definition) is 3. The number of cyclic esters (lactones) is 1. The van der Waals surface area contributed by atoms with Crippen LogP contribution in [0.25, 0.3) is 0 Å². The third kappa shape index (κ3) is 8.89. The molecule has 0 aliphatic carbocycles. The number of rotatable bonds is 12. The summed E-state index contributed by atoms with van der Waals surface area (Å²) in [7, 11) is 0. The quantitative estimate of drug-likeness (QED) is 0.286. The first kappa shape index (κ1) is 35.2. The van der Waals surface area contributed by atoms with E-state index in [1.807, 2.05) is 0 Å². The molecule has 5 amide bonds. The molecule has 240 valence electrons. The van der Waals surface area contributed by atoms with Gasteiger partial charge < -0.3 is 30.5 Å². The van der Waals surface area contributed by atoms with E-state index in [1.165, 1.54) is 17.9 Å². The van der Waals surface area contributed by atoms with Crippen LogP contribution in [0.4, 0.5) is 16.2 Å². The van der Waals surface area contributed by atoms with E-state index < -0.39 is 42.1 Å². The van der Waals surface area contributed by atoms with Gasteiger partial charge in [-0.15, -0.1) is 23.7 Å². The number of morpholine rings is 1. The summed E-state index contributed by atoms with van der Waals surface area (Å²) in [6.45, 7) is 2.50. The molecule has 2 aliphatic rings. The topological polar surface area (TPSA) is 172 Å². The highest BCUT2D eigenvalue weighted by Crippen LogP contribution is 2.27. The second-order valence-electron chi connectivity index (χ2n) is 10.2. The van der Waals surface area contributed by atoms with Gasteiger partial charge in [-0.25, -0.2) is 4.79 Å². The number of hydrogen-bond acceptors (Lipinski definition) is 10. The van der Waals surface area contributed by atoms with Crippen LogP contribution in [0.3, 0.4) is 0 Å². The summed E-state index contributed by atoms with van der Waals surface area (Å²) in [4.78, 5) is 67.7. The Balaban J connectivity index is 0.00000529. The Labute approximate surface area is 269 Å². The van der Waals surface area contributed by atoms with Gasteiger partial charge >= 0.3 is 6.09 Å². The number of halogens is 2. The molecule has 2 saturated heterocycles. The number of benzene rings is 1. The number of unbranched alkanes of at least 4 members (excludes halogenated alkanes) is 1. The Morgan fingerprint density at radius 2 is 1.82 bits per heavy atom. The van der Waals surface area contributed by atoms with Crippen molar-refractivity contribution in [3.05, 3.63) is 45.6 Å². The van der Waals surface area contributed by atoms with Gasteiger partial charge in [0.15, 0.2) is 0 Å². The predicted octanol–water partition coefficient (Wildman–Crippen LogP) is 2.18. The minimum atomic E-state index is -1.05. The van der Waals surface area contributed by atoms with Gasteiger partial charge in [0.25, 0.3) is 11.8 Å². The number of carbonyl (C=O) groups is 5. The van der Waals surface area contributed by atoms with Crippen LogP contribution in [0.2, 0.25) is 4.34 Å². The molecule has 4 N–H and O–H groups in total. The molecular weight excluding hydrogens is 637 g/mol. The van der Waals surface area contributed by atoms with E-state index in [0.717, 1.165) is 16.2 Å². The molecule has 2 fully saturated rings. The highest BCUT2D eigenvalue weighted by molar-refractivity contribution is 7.18. The molecule has 2 aliphatic heterocycles. The molecule has 3 atom stereocenters. The first-order chi connectivity index (χ1) is 20.5. The maximum atomic E-state index is 13.3. The van der Waals surface area contributed by atoms with Crippen LogP contribution >= 0.6 is 35.3 Å². The lowest BCUT2D eigenvalue weighted by atomic mass is 10.1. The second-order valence-corrected chi connectivity index (χ2v) is 11.9. The summed E-state index contributed by atoms with van der Waals surface area (Å²) in [6.07, 6.45) is -1.58. The minimum Gasteiger partial charge on any atom is -0.442 e. The lowest BCUT2D eigenvalue weighted by Crippen LogP contribution is -2.47. The summed E-state index contributed by atoms with van der Waals surface area (Å²) in [5.41, 5.74) is 6.83.